The van der Waals surface area contributed by atoms with E-state index in [2.05, 4.69) is 57.3 Å². The van der Waals surface area contributed by atoms with Crippen molar-refractivity contribution in [2.75, 3.05) is 6.54 Å². The molecule has 1 N–H and O–H groups in total. The minimum atomic E-state index is 0.172. The Kier molecular flexibility index (Phi) is 5.62. The number of hydrogen-bond donors (Lipinski definition) is 1. The molecule has 2 unspecified atom stereocenters. The first kappa shape index (κ1) is 15.5. The van der Waals surface area contributed by atoms with Crippen LogP contribution in [0.15, 0.2) is 24.3 Å². The maximum Gasteiger partial charge on any atom is 0.0955 e. The van der Waals surface area contributed by atoms with Crippen LogP contribution < -0.4 is 5.32 Å². The first-order valence-electron chi connectivity index (χ1n) is 8.00. The lowest BCUT2D eigenvalue weighted by molar-refractivity contribution is -0.0131. The summed E-state index contributed by atoms with van der Waals surface area (Å²) in [5.74, 6) is 0.680. The summed E-state index contributed by atoms with van der Waals surface area (Å²) in [7, 11) is 0. The quantitative estimate of drug-likeness (QED) is 0.766. The van der Waals surface area contributed by atoms with Crippen molar-refractivity contribution in [1.29, 1.82) is 0 Å². The molecular weight excluding hydrogens is 246 g/mol. The van der Waals surface area contributed by atoms with Crippen LogP contribution in [-0.4, -0.2) is 18.7 Å². The number of aryl methyl sites for hydroxylation is 1. The highest BCUT2D eigenvalue weighted by molar-refractivity contribution is 5.28. The Labute approximate surface area is 123 Å². The molecule has 0 heterocycles. The summed E-state index contributed by atoms with van der Waals surface area (Å²) < 4.78 is 6.34. The summed E-state index contributed by atoms with van der Waals surface area (Å²) >= 11 is 0. The van der Waals surface area contributed by atoms with Gasteiger partial charge in [0.1, 0.15) is 0 Å². The first-order valence-corrected chi connectivity index (χ1v) is 8.00. The molecule has 2 rings (SSSR count). The molecule has 2 nitrogen and oxygen atoms in total. The molecule has 1 aliphatic rings. The first-order chi connectivity index (χ1) is 9.56. The van der Waals surface area contributed by atoms with Crippen molar-refractivity contribution in [3.05, 3.63) is 35.4 Å². The lowest BCUT2D eigenvalue weighted by Gasteiger charge is -2.25. The van der Waals surface area contributed by atoms with Crippen molar-refractivity contribution in [2.24, 2.45) is 5.92 Å². The van der Waals surface area contributed by atoms with E-state index < -0.39 is 0 Å². The highest BCUT2D eigenvalue weighted by atomic mass is 16.5. The molecule has 1 aromatic carbocycles. The summed E-state index contributed by atoms with van der Waals surface area (Å²) in [5, 5.41) is 3.62. The Morgan fingerprint density at radius 3 is 2.50 bits per heavy atom. The van der Waals surface area contributed by atoms with Gasteiger partial charge < -0.3 is 10.1 Å². The van der Waals surface area contributed by atoms with E-state index in [-0.39, 0.29) is 6.10 Å². The van der Waals surface area contributed by atoms with Gasteiger partial charge >= 0.3 is 0 Å². The molecule has 1 aromatic rings. The minimum Gasteiger partial charge on any atom is -0.369 e. The van der Waals surface area contributed by atoms with E-state index in [1.54, 1.807) is 0 Å². The lowest BCUT2D eigenvalue weighted by atomic mass is 10.0. The van der Waals surface area contributed by atoms with Gasteiger partial charge in [-0.15, -0.1) is 0 Å². The molecule has 0 spiro atoms. The van der Waals surface area contributed by atoms with Gasteiger partial charge in [-0.25, -0.2) is 0 Å². The summed E-state index contributed by atoms with van der Waals surface area (Å²) in [6.07, 6.45) is 4.24. The van der Waals surface area contributed by atoms with E-state index >= 15 is 0 Å². The van der Waals surface area contributed by atoms with Gasteiger partial charge in [0.25, 0.3) is 0 Å². The normalized spacial score (nSPS) is 18.2. The Balaban J connectivity index is 2.01. The summed E-state index contributed by atoms with van der Waals surface area (Å²) in [4.78, 5) is 0. The molecule has 1 saturated carbocycles. The van der Waals surface area contributed by atoms with E-state index in [9.17, 15) is 0 Å². The van der Waals surface area contributed by atoms with Crippen molar-refractivity contribution in [2.45, 2.75) is 65.2 Å². The Morgan fingerprint density at radius 2 is 1.90 bits per heavy atom. The number of nitrogens with one attached hydrogen (secondary N) is 1. The fourth-order valence-corrected chi connectivity index (χ4v) is 2.74. The van der Waals surface area contributed by atoms with E-state index in [0.717, 1.165) is 19.0 Å². The highest BCUT2D eigenvalue weighted by Crippen LogP contribution is 2.26. The number of ether oxygens (including phenoxy) is 1. The molecule has 20 heavy (non-hydrogen) atoms. The third-order valence-corrected chi connectivity index (χ3v) is 3.90. The number of hydrogen-bond acceptors (Lipinski definition) is 2. The topological polar surface area (TPSA) is 21.3 Å². The van der Waals surface area contributed by atoms with Gasteiger partial charge in [-0.05, 0) is 50.2 Å². The predicted octanol–water partition coefficient (Wildman–Crippen LogP) is 4.24. The van der Waals surface area contributed by atoms with Crippen molar-refractivity contribution in [3.63, 3.8) is 0 Å². The molecule has 2 heteroatoms. The monoisotopic (exact) mass is 275 g/mol. The molecule has 2 atom stereocenters. The molecule has 0 amide bonds. The van der Waals surface area contributed by atoms with E-state index in [1.807, 2.05) is 0 Å². The Bertz CT molecular complexity index is 412. The highest BCUT2D eigenvalue weighted by Gasteiger charge is 2.24. The van der Waals surface area contributed by atoms with Gasteiger partial charge in [0.15, 0.2) is 0 Å². The zero-order valence-corrected chi connectivity index (χ0v) is 13.4. The van der Waals surface area contributed by atoms with Crippen molar-refractivity contribution < 1.29 is 4.74 Å². The smallest absolute Gasteiger partial charge is 0.0955 e. The minimum absolute atomic E-state index is 0.172. The second-order valence-electron chi connectivity index (χ2n) is 6.60. The fourth-order valence-electron chi connectivity index (χ4n) is 2.74. The fraction of sp³-hybridized carbons (Fsp3) is 0.667. The van der Waals surface area contributed by atoms with Crippen LogP contribution in [0.5, 0.6) is 0 Å². The standard InChI is InChI=1S/C18H29NO/c1-13(2)11-15(4)20-18(12-19-16-9-10-16)17-8-6-5-7-14(17)3/h5-8,13,15-16,18-19H,9-12H2,1-4H3. The van der Waals surface area contributed by atoms with Crippen molar-refractivity contribution in [3.8, 4) is 0 Å². The largest absolute Gasteiger partial charge is 0.369 e. The van der Waals surface area contributed by atoms with Crippen LogP contribution in [0, 0.1) is 12.8 Å². The SMILES string of the molecule is Cc1ccccc1C(CNC1CC1)OC(C)CC(C)C. The third kappa shape index (κ3) is 4.92. The number of benzene rings is 1. The maximum atomic E-state index is 6.34. The Hall–Kier alpha value is -0.860. The van der Waals surface area contributed by atoms with Crippen LogP contribution in [0.1, 0.15) is 57.3 Å². The number of rotatable bonds is 8. The van der Waals surface area contributed by atoms with Crippen LogP contribution in [0.3, 0.4) is 0 Å². The van der Waals surface area contributed by atoms with Gasteiger partial charge in [-0.1, -0.05) is 38.1 Å². The molecule has 0 aliphatic heterocycles. The maximum absolute atomic E-state index is 6.34. The zero-order valence-electron chi connectivity index (χ0n) is 13.4. The second kappa shape index (κ2) is 7.24. The van der Waals surface area contributed by atoms with Gasteiger partial charge in [-0.3, -0.25) is 0 Å². The van der Waals surface area contributed by atoms with Crippen LogP contribution in [0.25, 0.3) is 0 Å². The van der Waals surface area contributed by atoms with Gasteiger partial charge in [0, 0.05) is 12.6 Å². The average Bonchev–Trinajstić information content (AvgIpc) is 3.18. The zero-order chi connectivity index (χ0) is 14.5. The molecule has 0 saturated heterocycles. The third-order valence-electron chi connectivity index (χ3n) is 3.90. The molecule has 1 aliphatic carbocycles. The van der Waals surface area contributed by atoms with E-state index in [0.29, 0.717) is 12.0 Å². The van der Waals surface area contributed by atoms with Crippen molar-refractivity contribution in [1.82, 2.24) is 5.32 Å². The molecule has 0 bridgehead atoms. The summed E-state index contributed by atoms with van der Waals surface area (Å²) in [6.45, 7) is 9.81. The molecule has 112 valence electrons. The van der Waals surface area contributed by atoms with Crippen LogP contribution in [0.4, 0.5) is 0 Å². The van der Waals surface area contributed by atoms with Crippen LogP contribution >= 0.6 is 0 Å². The molecule has 0 radical (unpaired) electrons. The van der Waals surface area contributed by atoms with Crippen LogP contribution in [0.2, 0.25) is 0 Å². The summed E-state index contributed by atoms with van der Waals surface area (Å²) in [6, 6.07) is 9.32. The van der Waals surface area contributed by atoms with Crippen LogP contribution in [-0.2, 0) is 4.74 Å². The lowest BCUT2D eigenvalue weighted by Crippen LogP contribution is -2.28. The molecule has 0 aromatic heterocycles. The predicted molar refractivity (Wildman–Crippen MR) is 84.9 cm³/mol. The molecular formula is C18H29NO. The molecule has 1 fully saturated rings. The van der Waals surface area contributed by atoms with E-state index in [4.69, 9.17) is 4.74 Å². The second-order valence-corrected chi connectivity index (χ2v) is 6.60. The Morgan fingerprint density at radius 1 is 1.20 bits per heavy atom. The van der Waals surface area contributed by atoms with Gasteiger partial charge in [-0.2, -0.15) is 0 Å². The summed E-state index contributed by atoms with van der Waals surface area (Å²) in [5.41, 5.74) is 2.66. The van der Waals surface area contributed by atoms with Gasteiger partial charge in [0.05, 0.1) is 12.2 Å². The van der Waals surface area contributed by atoms with Gasteiger partial charge in [0.2, 0.25) is 0 Å². The van der Waals surface area contributed by atoms with Crippen molar-refractivity contribution >= 4 is 0 Å². The average molecular weight is 275 g/mol. The van der Waals surface area contributed by atoms with E-state index in [1.165, 1.54) is 24.0 Å².